The van der Waals surface area contributed by atoms with E-state index >= 15 is 0 Å². The summed E-state index contributed by atoms with van der Waals surface area (Å²) in [5, 5.41) is 1.36. The predicted molar refractivity (Wildman–Crippen MR) is 54.3 cm³/mol. The number of carbonyl (C=O) groups excluding carboxylic acids is 2. The first-order valence-corrected chi connectivity index (χ1v) is 4.84. The van der Waals surface area contributed by atoms with Gasteiger partial charge in [-0.25, -0.2) is 5.01 Å². The normalized spacial score (nSPS) is 20.6. The molecule has 1 aromatic rings. The van der Waals surface area contributed by atoms with Crippen LogP contribution in [-0.2, 0) is 16.1 Å². The van der Waals surface area contributed by atoms with E-state index in [0.717, 1.165) is 5.56 Å². The van der Waals surface area contributed by atoms with Crippen LogP contribution in [0.2, 0.25) is 0 Å². The molecule has 0 aromatic heterocycles. The van der Waals surface area contributed by atoms with Crippen LogP contribution in [0.25, 0.3) is 0 Å². The summed E-state index contributed by atoms with van der Waals surface area (Å²) in [6, 6.07) is 9.56. The Balaban J connectivity index is 2.09. The summed E-state index contributed by atoms with van der Waals surface area (Å²) in [6.45, 7) is 2.04. The zero-order valence-corrected chi connectivity index (χ0v) is 8.43. The van der Waals surface area contributed by atoms with Crippen molar-refractivity contribution in [3.05, 3.63) is 35.9 Å². The van der Waals surface area contributed by atoms with Gasteiger partial charge in [0.15, 0.2) is 0 Å². The predicted octanol–water partition coefficient (Wildman–Crippen LogP) is 0.696. The summed E-state index contributed by atoms with van der Waals surface area (Å²) in [7, 11) is 0. The molecule has 1 N–H and O–H groups in total. The number of hydrazine groups is 1. The van der Waals surface area contributed by atoms with Gasteiger partial charge in [0, 0.05) is 0 Å². The third-order valence-electron chi connectivity index (χ3n) is 2.46. The molecule has 4 heteroatoms. The molecule has 0 radical (unpaired) electrons. The van der Waals surface area contributed by atoms with Crippen LogP contribution >= 0.6 is 0 Å². The van der Waals surface area contributed by atoms with Crippen LogP contribution in [-0.4, -0.2) is 16.8 Å². The van der Waals surface area contributed by atoms with Gasteiger partial charge in [-0.15, -0.1) is 0 Å². The number of carbonyl (C=O) groups is 2. The van der Waals surface area contributed by atoms with Gasteiger partial charge >= 0.3 is 0 Å². The number of amides is 2. The average molecular weight is 204 g/mol. The first-order valence-electron chi connectivity index (χ1n) is 4.84. The lowest BCUT2D eigenvalue weighted by Gasteiger charge is -2.14. The highest BCUT2D eigenvalue weighted by atomic mass is 16.2. The minimum absolute atomic E-state index is 0.163. The van der Waals surface area contributed by atoms with Crippen molar-refractivity contribution in [1.82, 2.24) is 10.4 Å². The zero-order chi connectivity index (χ0) is 10.8. The quantitative estimate of drug-likeness (QED) is 0.721. The lowest BCUT2D eigenvalue weighted by Crippen LogP contribution is -2.35. The van der Waals surface area contributed by atoms with E-state index in [4.69, 9.17) is 0 Å². The van der Waals surface area contributed by atoms with Gasteiger partial charge in [0.25, 0.3) is 11.8 Å². The Kier molecular flexibility index (Phi) is 2.41. The first kappa shape index (κ1) is 9.71. The number of rotatable bonds is 2. The third kappa shape index (κ3) is 1.83. The summed E-state index contributed by atoms with van der Waals surface area (Å²) in [5.41, 5.74) is 3.55. The van der Waals surface area contributed by atoms with Gasteiger partial charge in [-0.2, -0.15) is 0 Å². The van der Waals surface area contributed by atoms with Crippen molar-refractivity contribution in [2.24, 2.45) is 5.92 Å². The molecule has 0 spiro atoms. The Bertz CT molecular complexity index is 389. The molecule has 1 heterocycles. The van der Waals surface area contributed by atoms with Gasteiger partial charge in [-0.05, 0) is 12.5 Å². The fraction of sp³-hybridized carbons (Fsp3) is 0.273. The Labute approximate surface area is 87.9 Å². The zero-order valence-electron chi connectivity index (χ0n) is 8.43. The lowest BCUT2D eigenvalue weighted by molar-refractivity contribution is -0.132. The van der Waals surface area contributed by atoms with Gasteiger partial charge in [-0.3, -0.25) is 15.0 Å². The van der Waals surface area contributed by atoms with E-state index in [1.165, 1.54) is 5.01 Å². The molecular weight excluding hydrogens is 192 g/mol. The summed E-state index contributed by atoms with van der Waals surface area (Å²) in [5.74, 6) is -0.950. The fourth-order valence-corrected chi connectivity index (χ4v) is 1.51. The van der Waals surface area contributed by atoms with Gasteiger partial charge in [0.05, 0.1) is 6.54 Å². The van der Waals surface area contributed by atoms with Crippen LogP contribution in [0.3, 0.4) is 0 Å². The Morgan fingerprint density at radius 3 is 2.47 bits per heavy atom. The molecule has 2 rings (SSSR count). The number of hydrogen-bond donors (Lipinski definition) is 1. The second kappa shape index (κ2) is 3.73. The molecule has 78 valence electrons. The van der Waals surface area contributed by atoms with E-state index in [-0.39, 0.29) is 11.8 Å². The summed E-state index contributed by atoms with van der Waals surface area (Å²) < 4.78 is 0. The van der Waals surface area contributed by atoms with Crippen molar-refractivity contribution in [3.63, 3.8) is 0 Å². The minimum atomic E-state index is -0.561. The molecule has 0 bridgehead atoms. The Morgan fingerprint density at radius 1 is 1.27 bits per heavy atom. The van der Waals surface area contributed by atoms with Crippen molar-refractivity contribution < 1.29 is 9.59 Å². The van der Waals surface area contributed by atoms with Crippen LogP contribution in [0.5, 0.6) is 0 Å². The van der Waals surface area contributed by atoms with E-state index < -0.39 is 5.92 Å². The molecule has 15 heavy (non-hydrogen) atoms. The summed E-state index contributed by atoms with van der Waals surface area (Å²) in [6.07, 6.45) is 0. The highest BCUT2D eigenvalue weighted by molar-refractivity contribution is 6.04. The molecule has 1 aliphatic heterocycles. The Morgan fingerprint density at radius 2 is 1.93 bits per heavy atom. The summed E-state index contributed by atoms with van der Waals surface area (Å²) in [4.78, 5) is 22.8. The van der Waals surface area contributed by atoms with Crippen LogP contribution in [0.1, 0.15) is 12.5 Å². The van der Waals surface area contributed by atoms with Crippen LogP contribution in [0, 0.1) is 5.92 Å². The van der Waals surface area contributed by atoms with Crippen LogP contribution in [0.4, 0.5) is 0 Å². The van der Waals surface area contributed by atoms with E-state index in [9.17, 15) is 9.59 Å². The standard InChI is InChI=1S/C11H12N2O2/c1-8-10(14)12-13(11(8)15)7-9-5-3-2-4-6-9/h2-6,8H,7H2,1H3,(H,12,14). The van der Waals surface area contributed by atoms with Crippen molar-refractivity contribution >= 4 is 11.8 Å². The number of nitrogens with one attached hydrogen (secondary N) is 1. The highest BCUT2D eigenvalue weighted by Crippen LogP contribution is 2.12. The molecule has 1 atom stereocenters. The molecule has 1 aliphatic rings. The van der Waals surface area contributed by atoms with E-state index in [1.54, 1.807) is 6.92 Å². The topological polar surface area (TPSA) is 49.4 Å². The van der Waals surface area contributed by atoms with Gasteiger partial charge in [-0.1, -0.05) is 30.3 Å². The minimum Gasteiger partial charge on any atom is -0.272 e. The molecule has 4 nitrogen and oxygen atoms in total. The molecule has 1 fully saturated rings. The smallest absolute Gasteiger partial charge is 0.253 e. The molecule has 1 aromatic carbocycles. The molecule has 2 amide bonds. The largest absolute Gasteiger partial charge is 0.272 e. The average Bonchev–Trinajstić information content (AvgIpc) is 2.48. The van der Waals surface area contributed by atoms with Gasteiger partial charge in [0.2, 0.25) is 0 Å². The van der Waals surface area contributed by atoms with Crippen LogP contribution < -0.4 is 5.43 Å². The second-order valence-electron chi connectivity index (χ2n) is 3.61. The number of benzene rings is 1. The second-order valence-corrected chi connectivity index (χ2v) is 3.61. The third-order valence-corrected chi connectivity index (χ3v) is 2.46. The van der Waals surface area contributed by atoms with Crippen molar-refractivity contribution in [2.75, 3.05) is 0 Å². The maximum absolute atomic E-state index is 11.6. The number of hydrogen-bond acceptors (Lipinski definition) is 2. The van der Waals surface area contributed by atoms with Crippen LogP contribution in [0.15, 0.2) is 30.3 Å². The lowest BCUT2D eigenvalue weighted by atomic mass is 10.1. The fourth-order valence-electron chi connectivity index (χ4n) is 1.51. The van der Waals surface area contributed by atoms with E-state index in [0.29, 0.717) is 6.54 Å². The van der Waals surface area contributed by atoms with Gasteiger partial charge in [0.1, 0.15) is 5.92 Å². The van der Waals surface area contributed by atoms with E-state index in [2.05, 4.69) is 5.43 Å². The van der Waals surface area contributed by atoms with Crippen molar-refractivity contribution in [1.29, 1.82) is 0 Å². The SMILES string of the molecule is CC1C(=O)NN(Cc2ccccc2)C1=O. The van der Waals surface area contributed by atoms with Crippen molar-refractivity contribution in [2.45, 2.75) is 13.5 Å². The van der Waals surface area contributed by atoms with Gasteiger partial charge < -0.3 is 0 Å². The number of nitrogens with zero attached hydrogens (tertiary/aromatic N) is 1. The Hall–Kier alpha value is -1.84. The molecule has 1 unspecified atom stereocenters. The van der Waals surface area contributed by atoms with Crippen molar-refractivity contribution in [3.8, 4) is 0 Å². The van der Waals surface area contributed by atoms with E-state index in [1.807, 2.05) is 30.3 Å². The summed E-state index contributed by atoms with van der Waals surface area (Å²) >= 11 is 0. The monoisotopic (exact) mass is 204 g/mol. The molecule has 0 saturated carbocycles. The maximum atomic E-state index is 11.6. The first-order chi connectivity index (χ1) is 7.18. The molecular formula is C11H12N2O2. The molecule has 0 aliphatic carbocycles. The maximum Gasteiger partial charge on any atom is 0.253 e. The highest BCUT2D eigenvalue weighted by Gasteiger charge is 2.35. The molecule has 1 saturated heterocycles.